The van der Waals surface area contributed by atoms with E-state index in [2.05, 4.69) is 42.7 Å². The molecule has 5 heteroatoms. The predicted octanol–water partition coefficient (Wildman–Crippen LogP) is 5.93. The molecule has 0 saturated heterocycles. The van der Waals surface area contributed by atoms with Gasteiger partial charge in [0.2, 0.25) is 0 Å². The average Bonchev–Trinajstić information content (AvgIpc) is 2.50. The summed E-state index contributed by atoms with van der Waals surface area (Å²) in [5.74, 6) is 0. The molecule has 2 rings (SSSR count). The second-order valence-electron chi connectivity index (χ2n) is 4.86. The zero-order valence-electron chi connectivity index (χ0n) is 12.5. The minimum Gasteiger partial charge on any atom is -0.332 e. The van der Waals surface area contributed by atoms with Crippen LogP contribution in [0.4, 0.5) is 11.4 Å². The molecule has 2 nitrogen and oxygen atoms in total. The number of hydrogen-bond donors (Lipinski definition) is 2. The molecule has 0 aromatic heterocycles. The molecular formula is C17H18Cl2N2S. The molecule has 0 unspecified atom stereocenters. The number of benzene rings is 2. The lowest BCUT2D eigenvalue weighted by Crippen LogP contribution is -2.21. The van der Waals surface area contributed by atoms with Gasteiger partial charge in [0.1, 0.15) is 0 Å². The van der Waals surface area contributed by atoms with E-state index in [0.29, 0.717) is 15.2 Å². The van der Waals surface area contributed by atoms with Crippen molar-refractivity contribution in [1.29, 1.82) is 0 Å². The number of anilines is 2. The van der Waals surface area contributed by atoms with Gasteiger partial charge in [0.05, 0.1) is 10.7 Å². The molecule has 0 heterocycles. The first-order chi connectivity index (χ1) is 10.5. The quantitative estimate of drug-likeness (QED) is 0.667. The highest BCUT2D eigenvalue weighted by atomic mass is 35.5. The maximum Gasteiger partial charge on any atom is 0.175 e. The Kier molecular flexibility index (Phi) is 6.07. The van der Waals surface area contributed by atoms with Crippen molar-refractivity contribution in [3.05, 3.63) is 57.6 Å². The highest BCUT2D eigenvalue weighted by Gasteiger charge is 2.09. The maximum atomic E-state index is 6.16. The molecule has 0 aliphatic rings. The van der Waals surface area contributed by atoms with Crippen molar-refractivity contribution in [3.63, 3.8) is 0 Å². The van der Waals surface area contributed by atoms with Crippen LogP contribution in [0, 0.1) is 0 Å². The summed E-state index contributed by atoms with van der Waals surface area (Å²) in [6.07, 6.45) is 1.89. The lowest BCUT2D eigenvalue weighted by molar-refractivity contribution is 1.09. The van der Waals surface area contributed by atoms with Crippen LogP contribution < -0.4 is 10.6 Å². The summed E-state index contributed by atoms with van der Waals surface area (Å²) in [4.78, 5) is 0. The molecule has 2 aromatic rings. The third kappa shape index (κ3) is 4.13. The van der Waals surface area contributed by atoms with E-state index in [1.165, 1.54) is 11.1 Å². The minimum atomic E-state index is 0.514. The number of thiocarbonyl (C=S) groups is 1. The highest BCUT2D eigenvalue weighted by molar-refractivity contribution is 7.80. The van der Waals surface area contributed by atoms with Crippen molar-refractivity contribution in [1.82, 2.24) is 0 Å². The van der Waals surface area contributed by atoms with Crippen LogP contribution in [-0.2, 0) is 12.8 Å². The normalized spacial score (nSPS) is 10.4. The molecule has 116 valence electrons. The van der Waals surface area contributed by atoms with Crippen LogP contribution >= 0.6 is 35.4 Å². The number of halogens is 2. The van der Waals surface area contributed by atoms with Crippen molar-refractivity contribution in [3.8, 4) is 0 Å². The summed E-state index contributed by atoms with van der Waals surface area (Å²) in [5.41, 5.74) is 4.29. The van der Waals surface area contributed by atoms with Gasteiger partial charge in [-0.1, -0.05) is 55.2 Å². The average molecular weight is 353 g/mol. The molecule has 0 fully saturated rings. The molecule has 0 aliphatic carbocycles. The fourth-order valence-electron chi connectivity index (χ4n) is 2.26. The number of para-hydroxylation sites is 1. The first-order valence-electron chi connectivity index (χ1n) is 7.19. The largest absolute Gasteiger partial charge is 0.332 e. The predicted molar refractivity (Wildman–Crippen MR) is 102 cm³/mol. The van der Waals surface area contributed by atoms with E-state index in [4.69, 9.17) is 35.4 Å². The van der Waals surface area contributed by atoms with Gasteiger partial charge in [0.25, 0.3) is 0 Å². The fraction of sp³-hybridized carbons (Fsp3) is 0.235. The van der Waals surface area contributed by atoms with Crippen LogP contribution in [0.2, 0.25) is 10.0 Å². The molecule has 0 aliphatic heterocycles. The van der Waals surface area contributed by atoms with Crippen molar-refractivity contribution in [2.45, 2.75) is 26.7 Å². The van der Waals surface area contributed by atoms with Crippen LogP contribution in [0.5, 0.6) is 0 Å². The Morgan fingerprint density at radius 1 is 1.00 bits per heavy atom. The van der Waals surface area contributed by atoms with Crippen LogP contribution in [0.15, 0.2) is 36.4 Å². The van der Waals surface area contributed by atoms with Crippen LogP contribution in [-0.4, -0.2) is 5.11 Å². The van der Waals surface area contributed by atoms with Gasteiger partial charge < -0.3 is 10.6 Å². The second-order valence-corrected chi connectivity index (χ2v) is 6.11. The lowest BCUT2D eigenvalue weighted by atomic mass is 10.0. The Balaban J connectivity index is 2.19. The SMILES string of the molecule is CCc1cccc(CC)c1NC(=S)Nc1ccc(Cl)cc1Cl. The smallest absolute Gasteiger partial charge is 0.175 e. The number of hydrogen-bond acceptors (Lipinski definition) is 1. The summed E-state index contributed by atoms with van der Waals surface area (Å²) in [5, 5.41) is 8.07. The zero-order chi connectivity index (χ0) is 16.1. The van der Waals surface area contributed by atoms with Crippen molar-refractivity contribution < 1.29 is 0 Å². The molecular weight excluding hydrogens is 335 g/mol. The van der Waals surface area contributed by atoms with Crippen LogP contribution in [0.3, 0.4) is 0 Å². The van der Waals surface area contributed by atoms with E-state index in [0.717, 1.165) is 24.2 Å². The molecule has 0 bridgehead atoms. The molecule has 2 aromatic carbocycles. The summed E-state index contributed by atoms with van der Waals surface area (Å²) < 4.78 is 0. The van der Waals surface area contributed by atoms with E-state index in [-0.39, 0.29) is 0 Å². The highest BCUT2D eigenvalue weighted by Crippen LogP contribution is 2.26. The zero-order valence-corrected chi connectivity index (χ0v) is 14.9. The van der Waals surface area contributed by atoms with E-state index in [1.54, 1.807) is 12.1 Å². The van der Waals surface area contributed by atoms with Gasteiger partial charge in [0.15, 0.2) is 5.11 Å². The first-order valence-corrected chi connectivity index (χ1v) is 8.35. The fourth-order valence-corrected chi connectivity index (χ4v) is 2.93. The molecule has 0 spiro atoms. The van der Waals surface area contributed by atoms with Gasteiger partial charge in [-0.15, -0.1) is 0 Å². The molecule has 2 N–H and O–H groups in total. The van der Waals surface area contributed by atoms with Gasteiger partial charge in [-0.25, -0.2) is 0 Å². The van der Waals surface area contributed by atoms with E-state index in [9.17, 15) is 0 Å². The Morgan fingerprint density at radius 2 is 1.64 bits per heavy atom. The summed E-state index contributed by atoms with van der Waals surface area (Å²) in [6.45, 7) is 4.26. The summed E-state index contributed by atoms with van der Waals surface area (Å²) in [6, 6.07) is 11.6. The molecule has 0 amide bonds. The lowest BCUT2D eigenvalue weighted by Gasteiger charge is -2.17. The van der Waals surface area contributed by atoms with Crippen LogP contribution in [0.25, 0.3) is 0 Å². The summed E-state index contributed by atoms with van der Waals surface area (Å²) >= 11 is 17.5. The Labute approximate surface area is 146 Å². The maximum absolute atomic E-state index is 6.16. The molecule has 0 atom stereocenters. The Bertz CT molecular complexity index is 664. The van der Waals surface area contributed by atoms with Crippen molar-refractivity contribution >= 4 is 51.9 Å². The third-order valence-electron chi connectivity index (χ3n) is 3.42. The minimum absolute atomic E-state index is 0.514. The monoisotopic (exact) mass is 352 g/mol. The van der Waals surface area contributed by atoms with Gasteiger partial charge in [-0.05, 0) is 54.4 Å². The standard InChI is InChI=1S/C17H18Cl2N2S/c1-3-11-6-5-7-12(4-2)16(11)21-17(22)20-15-9-8-13(18)10-14(15)19/h5-10H,3-4H2,1-2H3,(H2,20,21,22). The van der Waals surface area contributed by atoms with Gasteiger partial charge >= 0.3 is 0 Å². The van der Waals surface area contributed by atoms with E-state index < -0.39 is 0 Å². The van der Waals surface area contributed by atoms with Crippen molar-refractivity contribution in [2.75, 3.05) is 10.6 Å². The van der Waals surface area contributed by atoms with Gasteiger partial charge in [0, 0.05) is 10.7 Å². The third-order valence-corrected chi connectivity index (χ3v) is 4.17. The summed E-state index contributed by atoms with van der Waals surface area (Å²) in [7, 11) is 0. The topological polar surface area (TPSA) is 24.1 Å². The van der Waals surface area contributed by atoms with Crippen LogP contribution in [0.1, 0.15) is 25.0 Å². The first kappa shape index (κ1) is 17.1. The van der Waals surface area contributed by atoms with Crippen molar-refractivity contribution in [2.24, 2.45) is 0 Å². The van der Waals surface area contributed by atoms with Gasteiger partial charge in [-0.2, -0.15) is 0 Å². The molecule has 0 radical (unpaired) electrons. The Morgan fingerprint density at radius 3 is 2.18 bits per heavy atom. The second kappa shape index (κ2) is 7.82. The number of aryl methyl sites for hydroxylation is 2. The Hall–Kier alpha value is -1.29. The molecule has 0 saturated carbocycles. The van der Waals surface area contributed by atoms with E-state index >= 15 is 0 Å². The van der Waals surface area contributed by atoms with E-state index in [1.807, 2.05) is 6.07 Å². The van der Waals surface area contributed by atoms with Gasteiger partial charge in [-0.3, -0.25) is 0 Å². The number of nitrogens with one attached hydrogen (secondary N) is 2. The number of rotatable bonds is 4. The molecule has 22 heavy (non-hydrogen) atoms.